The van der Waals surface area contributed by atoms with Crippen LogP contribution >= 0.6 is 0 Å². The highest BCUT2D eigenvalue weighted by Gasteiger charge is 2.26. The van der Waals surface area contributed by atoms with Crippen molar-refractivity contribution in [3.63, 3.8) is 0 Å². The van der Waals surface area contributed by atoms with Crippen molar-refractivity contribution >= 4 is 32.2 Å². The van der Waals surface area contributed by atoms with Crippen LogP contribution in [0.5, 0.6) is 0 Å². The third-order valence-corrected chi connectivity index (χ3v) is 7.80. The van der Waals surface area contributed by atoms with Crippen LogP contribution in [-0.2, 0) is 16.4 Å². The standard InChI is InChI=1S/C23H26N4O2S/c1-17-6-7-20-19(14-17)21(26-10-8-24-9-11-26)15-23(25-20)27-12-13-30(28,29)22-5-3-2-4-18(22)16-27/h2-7,14-15,24H,8-13,16H2,1H3. The Morgan fingerprint density at radius 2 is 1.77 bits per heavy atom. The van der Waals surface area contributed by atoms with Gasteiger partial charge in [-0.25, -0.2) is 13.4 Å². The van der Waals surface area contributed by atoms with E-state index in [4.69, 9.17) is 4.98 Å². The van der Waals surface area contributed by atoms with Gasteiger partial charge in [-0.15, -0.1) is 0 Å². The molecule has 1 N–H and O–H groups in total. The first kappa shape index (κ1) is 19.3. The molecule has 1 saturated heterocycles. The maximum absolute atomic E-state index is 12.8. The summed E-state index contributed by atoms with van der Waals surface area (Å²) in [6, 6.07) is 15.8. The zero-order chi connectivity index (χ0) is 20.7. The van der Waals surface area contributed by atoms with Crippen LogP contribution in [0.15, 0.2) is 53.4 Å². The maximum atomic E-state index is 12.8. The van der Waals surface area contributed by atoms with Crippen LogP contribution in [0.3, 0.4) is 0 Å². The number of benzene rings is 2. The minimum atomic E-state index is -3.29. The number of fused-ring (bicyclic) bond motifs is 2. The molecule has 0 spiro atoms. The van der Waals surface area contributed by atoms with E-state index in [1.165, 1.54) is 11.3 Å². The molecule has 156 valence electrons. The molecular weight excluding hydrogens is 396 g/mol. The molecule has 0 bridgehead atoms. The van der Waals surface area contributed by atoms with Crippen LogP contribution < -0.4 is 15.1 Å². The fourth-order valence-corrected chi connectivity index (χ4v) is 5.89. The van der Waals surface area contributed by atoms with Gasteiger partial charge < -0.3 is 15.1 Å². The molecule has 0 radical (unpaired) electrons. The molecule has 0 saturated carbocycles. The second-order valence-corrected chi connectivity index (χ2v) is 10.2. The predicted molar refractivity (Wildman–Crippen MR) is 121 cm³/mol. The maximum Gasteiger partial charge on any atom is 0.180 e. The molecular formula is C23H26N4O2S. The first-order valence-electron chi connectivity index (χ1n) is 10.4. The first-order valence-corrected chi connectivity index (χ1v) is 12.1. The Morgan fingerprint density at radius 3 is 2.60 bits per heavy atom. The number of nitrogens with one attached hydrogen (secondary N) is 1. The van der Waals surface area contributed by atoms with Crippen molar-refractivity contribution in [3.05, 3.63) is 59.7 Å². The molecule has 3 heterocycles. The Labute approximate surface area is 177 Å². The van der Waals surface area contributed by atoms with Crippen LogP contribution in [0.25, 0.3) is 10.9 Å². The van der Waals surface area contributed by atoms with Crippen molar-refractivity contribution < 1.29 is 8.42 Å². The summed E-state index contributed by atoms with van der Waals surface area (Å²) < 4.78 is 25.5. The molecule has 2 aliphatic rings. The van der Waals surface area contributed by atoms with Gasteiger partial charge in [0.2, 0.25) is 0 Å². The fourth-order valence-electron chi connectivity index (χ4n) is 4.40. The van der Waals surface area contributed by atoms with E-state index in [-0.39, 0.29) is 5.75 Å². The second-order valence-electron chi connectivity index (χ2n) is 8.11. The van der Waals surface area contributed by atoms with Gasteiger partial charge in [0.1, 0.15) is 5.82 Å². The number of hydrogen-bond acceptors (Lipinski definition) is 6. The van der Waals surface area contributed by atoms with E-state index < -0.39 is 9.84 Å². The highest BCUT2D eigenvalue weighted by Crippen LogP contribution is 2.33. The number of piperazine rings is 1. The minimum absolute atomic E-state index is 0.0978. The third kappa shape index (κ3) is 3.52. The van der Waals surface area contributed by atoms with Crippen LogP contribution in [0.2, 0.25) is 0 Å². The lowest BCUT2D eigenvalue weighted by atomic mass is 10.1. The van der Waals surface area contributed by atoms with Crippen LogP contribution in [0.4, 0.5) is 11.5 Å². The monoisotopic (exact) mass is 422 g/mol. The molecule has 3 aromatic rings. The lowest BCUT2D eigenvalue weighted by molar-refractivity contribution is 0.590. The van der Waals surface area contributed by atoms with E-state index in [1.54, 1.807) is 12.1 Å². The highest BCUT2D eigenvalue weighted by atomic mass is 32.2. The quantitative estimate of drug-likeness (QED) is 0.685. The summed E-state index contributed by atoms with van der Waals surface area (Å²) in [5, 5.41) is 4.57. The van der Waals surface area contributed by atoms with Gasteiger partial charge in [0, 0.05) is 56.4 Å². The smallest absolute Gasteiger partial charge is 0.180 e. The number of anilines is 2. The molecule has 0 amide bonds. The van der Waals surface area contributed by atoms with E-state index in [2.05, 4.69) is 46.3 Å². The zero-order valence-electron chi connectivity index (χ0n) is 17.1. The Balaban J connectivity index is 1.62. The lowest BCUT2D eigenvalue weighted by Crippen LogP contribution is -2.43. The van der Waals surface area contributed by atoms with E-state index in [1.807, 2.05) is 12.1 Å². The Bertz CT molecular complexity index is 1200. The number of aromatic nitrogens is 1. The van der Waals surface area contributed by atoms with Gasteiger partial charge in [0.25, 0.3) is 0 Å². The van der Waals surface area contributed by atoms with Crippen LogP contribution in [0.1, 0.15) is 11.1 Å². The van der Waals surface area contributed by atoms with E-state index in [0.29, 0.717) is 18.0 Å². The Morgan fingerprint density at radius 1 is 0.967 bits per heavy atom. The number of nitrogens with zero attached hydrogens (tertiary/aromatic N) is 3. The number of pyridine rings is 1. The van der Waals surface area contributed by atoms with E-state index in [9.17, 15) is 8.42 Å². The van der Waals surface area contributed by atoms with Gasteiger partial charge in [-0.05, 0) is 30.7 Å². The third-order valence-electron chi connectivity index (χ3n) is 6.01. The summed E-state index contributed by atoms with van der Waals surface area (Å²) in [5.74, 6) is 0.937. The number of hydrogen-bond donors (Lipinski definition) is 1. The van der Waals surface area contributed by atoms with E-state index in [0.717, 1.165) is 48.5 Å². The molecule has 2 aliphatic heterocycles. The van der Waals surface area contributed by atoms with Gasteiger partial charge >= 0.3 is 0 Å². The number of rotatable bonds is 2. The van der Waals surface area contributed by atoms with Crippen molar-refractivity contribution in [2.45, 2.75) is 18.4 Å². The molecule has 30 heavy (non-hydrogen) atoms. The molecule has 2 aromatic carbocycles. The summed E-state index contributed by atoms with van der Waals surface area (Å²) in [5.41, 5.74) is 4.18. The topological polar surface area (TPSA) is 65.5 Å². The Hall–Kier alpha value is -2.64. The number of aryl methyl sites for hydroxylation is 1. The normalized spacial score (nSPS) is 18.8. The van der Waals surface area contributed by atoms with Gasteiger partial charge in [-0.2, -0.15) is 0 Å². The lowest BCUT2D eigenvalue weighted by Gasteiger charge is -2.32. The van der Waals surface area contributed by atoms with Gasteiger partial charge in [0.15, 0.2) is 9.84 Å². The first-order chi connectivity index (χ1) is 14.5. The highest BCUT2D eigenvalue weighted by molar-refractivity contribution is 7.91. The van der Waals surface area contributed by atoms with Crippen molar-refractivity contribution in [1.29, 1.82) is 0 Å². The van der Waals surface area contributed by atoms with Crippen LogP contribution in [-0.4, -0.2) is 51.9 Å². The summed E-state index contributed by atoms with van der Waals surface area (Å²) in [6.45, 7) is 6.89. The largest absolute Gasteiger partial charge is 0.368 e. The molecule has 7 heteroatoms. The molecule has 1 aromatic heterocycles. The average molecular weight is 423 g/mol. The van der Waals surface area contributed by atoms with Gasteiger partial charge in [-0.3, -0.25) is 0 Å². The Kier molecular flexibility index (Phi) is 4.87. The average Bonchev–Trinajstić information content (AvgIpc) is 2.90. The molecule has 0 atom stereocenters. The second kappa shape index (κ2) is 7.56. The molecule has 6 nitrogen and oxygen atoms in total. The van der Waals surface area contributed by atoms with E-state index >= 15 is 0 Å². The van der Waals surface area contributed by atoms with Crippen LogP contribution in [0, 0.1) is 6.92 Å². The van der Waals surface area contributed by atoms with Crippen molar-refractivity contribution in [1.82, 2.24) is 10.3 Å². The van der Waals surface area contributed by atoms with Gasteiger partial charge in [0.05, 0.1) is 16.2 Å². The van der Waals surface area contributed by atoms with Gasteiger partial charge in [-0.1, -0.05) is 29.8 Å². The molecule has 5 rings (SSSR count). The zero-order valence-corrected chi connectivity index (χ0v) is 18.0. The summed E-state index contributed by atoms with van der Waals surface area (Å²) in [4.78, 5) is 9.91. The molecule has 1 fully saturated rings. The molecule has 0 aliphatic carbocycles. The van der Waals surface area contributed by atoms with Crippen molar-refractivity contribution in [3.8, 4) is 0 Å². The molecule has 0 unspecified atom stereocenters. The summed E-state index contributed by atoms with van der Waals surface area (Å²) >= 11 is 0. The summed E-state index contributed by atoms with van der Waals surface area (Å²) in [6.07, 6.45) is 0. The van der Waals surface area contributed by atoms with Crippen molar-refractivity contribution in [2.75, 3.05) is 48.3 Å². The SMILES string of the molecule is Cc1ccc2nc(N3CCS(=O)(=O)c4ccccc4C3)cc(N3CCNCC3)c2c1. The summed E-state index contributed by atoms with van der Waals surface area (Å²) in [7, 11) is -3.29. The minimum Gasteiger partial charge on any atom is -0.368 e. The predicted octanol–water partition coefficient (Wildman–Crippen LogP) is 2.75. The van der Waals surface area contributed by atoms with Crippen molar-refractivity contribution in [2.24, 2.45) is 0 Å². The number of sulfone groups is 1. The fraction of sp³-hybridized carbons (Fsp3) is 0.348.